The molecule has 0 fully saturated rings. The summed E-state index contributed by atoms with van der Waals surface area (Å²) in [5, 5.41) is 10.6. The molecule has 0 radical (unpaired) electrons. The minimum atomic E-state index is -0.950. The molecule has 1 aromatic heterocycles. The highest BCUT2D eigenvalue weighted by Gasteiger charge is 2.24. The quantitative estimate of drug-likeness (QED) is 0.651. The van der Waals surface area contributed by atoms with Crippen LogP contribution in [0.4, 0.5) is 0 Å². The number of nitrogens with one attached hydrogen (secondary N) is 1. The minimum Gasteiger partial charge on any atom is -0.493 e. The summed E-state index contributed by atoms with van der Waals surface area (Å²) in [7, 11) is 4.59. The first-order chi connectivity index (χ1) is 12.9. The Balaban J connectivity index is 2.40. The number of methoxy groups -OCH3 is 3. The summed E-state index contributed by atoms with van der Waals surface area (Å²) >= 11 is 6.41. The van der Waals surface area contributed by atoms with Gasteiger partial charge in [0.25, 0.3) is 0 Å². The number of aromatic nitrogens is 1. The largest absolute Gasteiger partial charge is 0.493 e. The van der Waals surface area contributed by atoms with Crippen LogP contribution in [-0.2, 0) is 11.2 Å². The molecule has 142 valence electrons. The van der Waals surface area contributed by atoms with Crippen LogP contribution < -0.4 is 14.2 Å². The third kappa shape index (κ3) is 3.17. The second-order valence-corrected chi connectivity index (χ2v) is 6.45. The third-order valence-corrected chi connectivity index (χ3v) is 4.83. The first-order valence-corrected chi connectivity index (χ1v) is 8.61. The van der Waals surface area contributed by atoms with E-state index in [1.165, 1.54) is 14.2 Å². The van der Waals surface area contributed by atoms with E-state index in [1.807, 2.05) is 13.0 Å². The number of aromatic amines is 1. The van der Waals surface area contributed by atoms with Crippen molar-refractivity contribution in [3.8, 4) is 28.5 Å². The van der Waals surface area contributed by atoms with Crippen LogP contribution in [0, 0.1) is 6.92 Å². The minimum absolute atomic E-state index is 0.185. The topological polar surface area (TPSA) is 80.8 Å². The van der Waals surface area contributed by atoms with Crippen LogP contribution in [0.15, 0.2) is 24.3 Å². The van der Waals surface area contributed by atoms with Crippen LogP contribution in [0.5, 0.6) is 17.2 Å². The summed E-state index contributed by atoms with van der Waals surface area (Å²) in [6.07, 6.45) is -0.185. The zero-order chi connectivity index (χ0) is 19.7. The molecule has 0 unspecified atom stereocenters. The van der Waals surface area contributed by atoms with Gasteiger partial charge in [0, 0.05) is 10.9 Å². The number of halogens is 1. The van der Waals surface area contributed by atoms with Gasteiger partial charge in [-0.2, -0.15) is 0 Å². The Morgan fingerprint density at radius 1 is 1.07 bits per heavy atom. The molecule has 0 aliphatic rings. The number of fused-ring (bicyclic) bond motifs is 1. The van der Waals surface area contributed by atoms with E-state index >= 15 is 0 Å². The van der Waals surface area contributed by atoms with E-state index in [2.05, 4.69) is 4.98 Å². The maximum atomic E-state index is 11.5. The lowest BCUT2D eigenvalue weighted by molar-refractivity contribution is -0.136. The Morgan fingerprint density at radius 2 is 1.78 bits per heavy atom. The van der Waals surface area contributed by atoms with Gasteiger partial charge < -0.3 is 24.3 Å². The second kappa shape index (κ2) is 7.40. The third-order valence-electron chi connectivity index (χ3n) is 4.52. The summed E-state index contributed by atoms with van der Waals surface area (Å²) < 4.78 is 16.4. The van der Waals surface area contributed by atoms with Gasteiger partial charge in [-0.3, -0.25) is 4.79 Å². The molecule has 0 spiro atoms. The highest BCUT2D eigenvalue weighted by Crippen LogP contribution is 2.46. The molecular weight excluding hydrogens is 370 g/mol. The Morgan fingerprint density at radius 3 is 2.37 bits per heavy atom. The van der Waals surface area contributed by atoms with E-state index in [4.69, 9.17) is 25.8 Å². The molecule has 0 aliphatic carbocycles. The Bertz CT molecular complexity index is 1030. The number of hydrogen-bond acceptors (Lipinski definition) is 4. The molecule has 2 N–H and O–H groups in total. The normalized spacial score (nSPS) is 10.9. The van der Waals surface area contributed by atoms with Crippen LogP contribution >= 0.6 is 11.6 Å². The van der Waals surface area contributed by atoms with Crippen LogP contribution in [0.25, 0.3) is 22.2 Å². The average Bonchev–Trinajstić information content (AvgIpc) is 3.02. The number of rotatable bonds is 6. The van der Waals surface area contributed by atoms with Crippen LogP contribution in [0.2, 0.25) is 5.02 Å². The van der Waals surface area contributed by atoms with Crippen molar-refractivity contribution in [1.29, 1.82) is 0 Å². The van der Waals surface area contributed by atoms with E-state index in [-0.39, 0.29) is 6.42 Å². The van der Waals surface area contributed by atoms with Gasteiger partial charge in [0.15, 0.2) is 11.5 Å². The van der Waals surface area contributed by atoms with Gasteiger partial charge >= 0.3 is 5.97 Å². The number of aryl methyl sites for hydroxylation is 1. The molecule has 3 rings (SSSR count). The Kier molecular flexibility index (Phi) is 5.19. The molecule has 27 heavy (non-hydrogen) atoms. The second-order valence-electron chi connectivity index (χ2n) is 6.05. The highest BCUT2D eigenvalue weighted by molar-refractivity contribution is 6.36. The summed E-state index contributed by atoms with van der Waals surface area (Å²) in [6.45, 7) is 1.94. The first kappa shape index (κ1) is 18.9. The molecule has 1 heterocycles. The zero-order valence-electron chi connectivity index (χ0n) is 15.5. The Hall–Kier alpha value is -2.86. The number of hydrogen-bond donors (Lipinski definition) is 2. The molecule has 0 saturated heterocycles. The van der Waals surface area contributed by atoms with Crippen molar-refractivity contribution in [2.45, 2.75) is 13.3 Å². The fourth-order valence-electron chi connectivity index (χ4n) is 3.32. The molecule has 7 heteroatoms. The summed E-state index contributed by atoms with van der Waals surface area (Å²) in [6, 6.07) is 7.22. The fraction of sp³-hybridized carbons (Fsp3) is 0.250. The van der Waals surface area contributed by atoms with Crippen molar-refractivity contribution < 1.29 is 24.1 Å². The molecular formula is C20H20ClNO5. The van der Waals surface area contributed by atoms with E-state index < -0.39 is 5.97 Å². The zero-order valence-corrected chi connectivity index (χ0v) is 16.2. The van der Waals surface area contributed by atoms with Crippen LogP contribution in [-0.4, -0.2) is 37.4 Å². The number of carbonyl (C=O) groups is 1. The maximum Gasteiger partial charge on any atom is 0.307 e. The van der Waals surface area contributed by atoms with Crippen molar-refractivity contribution in [1.82, 2.24) is 4.98 Å². The van der Waals surface area contributed by atoms with Crippen molar-refractivity contribution in [2.24, 2.45) is 0 Å². The SMILES string of the molecule is COc1ccc(-c2[nH]c3c(C)ccc(Cl)c3c2CC(=O)O)c(OC)c1OC. The predicted molar refractivity (Wildman–Crippen MR) is 104 cm³/mol. The van der Waals surface area contributed by atoms with Crippen molar-refractivity contribution in [2.75, 3.05) is 21.3 Å². The number of benzene rings is 2. The lowest BCUT2D eigenvalue weighted by Crippen LogP contribution is -2.02. The maximum absolute atomic E-state index is 11.5. The smallest absolute Gasteiger partial charge is 0.307 e. The van der Waals surface area contributed by atoms with Gasteiger partial charge in [-0.15, -0.1) is 0 Å². The van der Waals surface area contributed by atoms with Gasteiger partial charge in [-0.25, -0.2) is 0 Å². The standard InChI is InChI=1S/C20H20ClNO5/c1-10-5-7-13(21)16-12(9-15(23)24)18(22-17(10)16)11-6-8-14(25-2)20(27-4)19(11)26-3/h5-8,22H,9H2,1-4H3,(H,23,24). The van der Waals surface area contributed by atoms with Crippen molar-refractivity contribution in [3.05, 3.63) is 40.4 Å². The van der Waals surface area contributed by atoms with Gasteiger partial charge in [-0.05, 0) is 36.2 Å². The van der Waals surface area contributed by atoms with E-state index in [9.17, 15) is 9.90 Å². The highest BCUT2D eigenvalue weighted by atomic mass is 35.5. The molecule has 2 aromatic carbocycles. The predicted octanol–water partition coefficient (Wildman–Crippen LogP) is 4.45. The van der Waals surface area contributed by atoms with Crippen molar-refractivity contribution in [3.63, 3.8) is 0 Å². The fourth-order valence-corrected chi connectivity index (χ4v) is 3.59. The molecule has 0 saturated carbocycles. The molecule has 0 amide bonds. The molecule has 3 aromatic rings. The van der Waals surface area contributed by atoms with E-state index in [0.717, 1.165) is 11.1 Å². The van der Waals surface area contributed by atoms with Gasteiger partial charge in [0.1, 0.15) is 0 Å². The van der Waals surface area contributed by atoms with E-state index in [0.29, 0.717) is 44.5 Å². The Labute approximate surface area is 161 Å². The average molecular weight is 390 g/mol. The van der Waals surface area contributed by atoms with Crippen LogP contribution in [0.3, 0.4) is 0 Å². The van der Waals surface area contributed by atoms with Crippen molar-refractivity contribution >= 4 is 28.5 Å². The number of carboxylic acid groups (broad SMARTS) is 1. The molecule has 0 atom stereocenters. The monoisotopic (exact) mass is 389 g/mol. The van der Waals surface area contributed by atoms with E-state index in [1.54, 1.807) is 25.3 Å². The number of H-pyrrole nitrogens is 1. The molecule has 6 nitrogen and oxygen atoms in total. The summed E-state index contributed by atoms with van der Waals surface area (Å²) in [5.74, 6) is 0.446. The molecule has 0 bridgehead atoms. The number of ether oxygens (including phenoxy) is 3. The first-order valence-electron chi connectivity index (χ1n) is 8.23. The summed E-state index contributed by atoms with van der Waals surface area (Å²) in [5.41, 5.74) is 3.65. The number of carboxylic acids is 1. The molecule has 0 aliphatic heterocycles. The summed E-state index contributed by atoms with van der Waals surface area (Å²) in [4.78, 5) is 14.9. The lowest BCUT2D eigenvalue weighted by Gasteiger charge is -2.16. The van der Waals surface area contributed by atoms with Gasteiger partial charge in [0.2, 0.25) is 5.75 Å². The van der Waals surface area contributed by atoms with Gasteiger partial charge in [-0.1, -0.05) is 17.7 Å². The van der Waals surface area contributed by atoms with Crippen LogP contribution in [0.1, 0.15) is 11.1 Å². The lowest BCUT2D eigenvalue weighted by atomic mass is 10.0. The number of aliphatic carboxylic acids is 1. The van der Waals surface area contributed by atoms with Gasteiger partial charge in [0.05, 0.1) is 44.0 Å².